The molecule has 164 valence electrons. The molecular weight excluding hydrogens is 455 g/mol. The van der Waals surface area contributed by atoms with E-state index in [1.54, 1.807) is 19.1 Å². The Hall–Kier alpha value is -3.06. The first-order valence-corrected chi connectivity index (χ1v) is 11.4. The maximum absolute atomic E-state index is 12.9. The van der Waals surface area contributed by atoms with Crippen molar-refractivity contribution in [3.63, 3.8) is 0 Å². The lowest BCUT2D eigenvalue weighted by Crippen LogP contribution is -2.30. The highest BCUT2D eigenvalue weighted by Gasteiger charge is 2.33. The lowest BCUT2D eigenvalue weighted by Gasteiger charge is -2.20. The van der Waals surface area contributed by atoms with Crippen LogP contribution in [0.4, 0.5) is 24.1 Å². The number of nitrogens with one attached hydrogen (secondary N) is 1. The standard InChI is InChI=1S/C18H16F3N5O3S2/c1-11-15(16(27)25-31(2,28)29)22-17(30-11)26(10-12-6-4-3-5-7-12)14-9-8-13(23-24-14)18(19,20)21/h3-9H,10H2,1-2H3,(H,25,27). The average Bonchev–Trinajstić information content (AvgIpc) is 3.06. The molecule has 1 amide bonds. The highest BCUT2D eigenvalue weighted by molar-refractivity contribution is 7.89. The second-order valence-corrected chi connectivity index (χ2v) is 9.38. The topological polar surface area (TPSA) is 105 Å². The number of carbonyl (C=O) groups is 1. The van der Waals surface area contributed by atoms with Gasteiger partial charge in [-0.05, 0) is 24.6 Å². The Bertz CT molecular complexity index is 1180. The van der Waals surface area contributed by atoms with E-state index in [1.165, 1.54) is 4.90 Å². The van der Waals surface area contributed by atoms with Gasteiger partial charge in [0.25, 0.3) is 5.91 Å². The number of aromatic nitrogens is 3. The van der Waals surface area contributed by atoms with Gasteiger partial charge in [-0.1, -0.05) is 30.3 Å². The summed E-state index contributed by atoms with van der Waals surface area (Å²) in [7, 11) is -3.80. The minimum absolute atomic E-state index is 0.0840. The van der Waals surface area contributed by atoms with Crippen LogP contribution in [-0.4, -0.2) is 35.8 Å². The summed E-state index contributed by atoms with van der Waals surface area (Å²) >= 11 is 1.07. The quantitative estimate of drug-likeness (QED) is 0.588. The normalized spacial score (nSPS) is 11.9. The molecule has 8 nitrogen and oxygen atoms in total. The number of thiazole rings is 1. The van der Waals surface area contributed by atoms with Crippen molar-refractivity contribution in [2.75, 3.05) is 11.2 Å². The van der Waals surface area contributed by atoms with Crippen LogP contribution in [0.25, 0.3) is 0 Å². The van der Waals surface area contributed by atoms with Gasteiger partial charge in [-0.25, -0.2) is 18.1 Å². The lowest BCUT2D eigenvalue weighted by atomic mass is 10.2. The molecule has 0 aliphatic rings. The van der Waals surface area contributed by atoms with Crippen molar-refractivity contribution in [1.82, 2.24) is 19.9 Å². The molecule has 31 heavy (non-hydrogen) atoms. The largest absolute Gasteiger partial charge is 0.435 e. The number of alkyl halides is 3. The lowest BCUT2D eigenvalue weighted by molar-refractivity contribution is -0.141. The fourth-order valence-electron chi connectivity index (χ4n) is 2.56. The predicted octanol–water partition coefficient (Wildman–Crippen LogP) is 3.29. The zero-order valence-electron chi connectivity index (χ0n) is 16.2. The Balaban J connectivity index is 2.01. The number of halogens is 3. The predicted molar refractivity (Wildman–Crippen MR) is 108 cm³/mol. The van der Waals surface area contributed by atoms with Gasteiger partial charge in [-0.3, -0.25) is 9.69 Å². The molecular formula is C18H16F3N5O3S2. The molecule has 3 rings (SSSR count). The van der Waals surface area contributed by atoms with E-state index < -0.39 is 27.8 Å². The third-order valence-corrected chi connectivity index (χ3v) is 5.46. The van der Waals surface area contributed by atoms with Gasteiger partial charge in [0.05, 0.1) is 12.8 Å². The second kappa shape index (κ2) is 8.59. The molecule has 0 unspecified atom stereocenters. The molecule has 0 saturated heterocycles. The van der Waals surface area contributed by atoms with Gasteiger partial charge in [0.15, 0.2) is 16.6 Å². The Labute approximate surface area is 179 Å². The molecule has 0 fully saturated rings. The first kappa shape index (κ1) is 22.6. The molecule has 2 aromatic heterocycles. The van der Waals surface area contributed by atoms with Gasteiger partial charge < -0.3 is 0 Å². The van der Waals surface area contributed by atoms with Gasteiger partial charge in [-0.2, -0.15) is 13.2 Å². The summed E-state index contributed by atoms with van der Waals surface area (Å²) in [6.07, 6.45) is -3.79. The first-order valence-electron chi connectivity index (χ1n) is 8.66. The molecule has 2 heterocycles. The molecule has 0 aliphatic heterocycles. The zero-order chi connectivity index (χ0) is 22.8. The van der Waals surface area contributed by atoms with Crippen molar-refractivity contribution in [1.29, 1.82) is 0 Å². The number of aryl methyl sites for hydroxylation is 1. The molecule has 0 saturated carbocycles. The van der Waals surface area contributed by atoms with Gasteiger partial charge >= 0.3 is 6.18 Å². The van der Waals surface area contributed by atoms with Crippen molar-refractivity contribution < 1.29 is 26.4 Å². The Morgan fingerprint density at radius 2 is 1.81 bits per heavy atom. The number of sulfonamides is 1. The average molecular weight is 471 g/mol. The van der Waals surface area contributed by atoms with Gasteiger partial charge in [0.1, 0.15) is 5.69 Å². The van der Waals surface area contributed by atoms with Crippen LogP contribution in [0.2, 0.25) is 0 Å². The van der Waals surface area contributed by atoms with Crippen molar-refractivity contribution in [3.05, 3.63) is 64.3 Å². The van der Waals surface area contributed by atoms with Crippen molar-refractivity contribution >= 4 is 38.2 Å². The van der Waals surface area contributed by atoms with Crippen LogP contribution >= 0.6 is 11.3 Å². The minimum atomic E-state index is -4.63. The van der Waals surface area contributed by atoms with E-state index in [1.807, 2.05) is 22.9 Å². The smallest absolute Gasteiger partial charge is 0.296 e. The van der Waals surface area contributed by atoms with E-state index in [0.717, 1.165) is 35.3 Å². The third kappa shape index (κ3) is 5.76. The van der Waals surface area contributed by atoms with Crippen molar-refractivity contribution in [3.8, 4) is 0 Å². The number of nitrogens with zero attached hydrogens (tertiary/aromatic N) is 4. The molecule has 13 heteroatoms. The maximum Gasteiger partial charge on any atom is 0.435 e. The van der Waals surface area contributed by atoms with Crippen LogP contribution in [0.15, 0.2) is 42.5 Å². The van der Waals surface area contributed by atoms with E-state index in [9.17, 15) is 26.4 Å². The van der Waals surface area contributed by atoms with Crippen LogP contribution in [0.1, 0.15) is 26.6 Å². The molecule has 0 aliphatic carbocycles. The summed E-state index contributed by atoms with van der Waals surface area (Å²) in [5.41, 5.74) is -0.443. The molecule has 0 bridgehead atoms. The number of hydrogen-bond donors (Lipinski definition) is 1. The number of amides is 1. The highest BCUT2D eigenvalue weighted by Crippen LogP contribution is 2.33. The SMILES string of the molecule is Cc1sc(N(Cc2ccccc2)c2ccc(C(F)(F)F)nn2)nc1C(=O)NS(C)(=O)=O. The summed E-state index contributed by atoms with van der Waals surface area (Å²) in [5.74, 6) is -0.818. The molecule has 0 atom stereocenters. The van der Waals surface area contributed by atoms with E-state index in [2.05, 4.69) is 15.2 Å². The summed E-state index contributed by atoms with van der Waals surface area (Å²) in [6, 6.07) is 11.0. The van der Waals surface area contributed by atoms with Gasteiger partial charge in [-0.15, -0.1) is 21.5 Å². The molecule has 3 aromatic rings. The molecule has 0 spiro atoms. The zero-order valence-corrected chi connectivity index (χ0v) is 17.8. The van der Waals surface area contributed by atoms with Crippen LogP contribution in [0.5, 0.6) is 0 Å². The Morgan fingerprint density at radius 1 is 1.13 bits per heavy atom. The van der Waals surface area contributed by atoms with E-state index in [0.29, 0.717) is 4.88 Å². The van der Waals surface area contributed by atoms with Crippen molar-refractivity contribution in [2.24, 2.45) is 0 Å². The van der Waals surface area contributed by atoms with Crippen molar-refractivity contribution in [2.45, 2.75) is 19.6 Å². The monoisotopic (exact) mass is 471 g/mol. The number of carbonyl (C=O) groups excluding carboxylic acids is 1. The van der Waals surface area contributed by atoms with E-state index >= 15 is 0 Å². The number of rotatable bonds is 6. The summed E-state index contributed by atoms with van der Waals surface area (Å²) in [5, 5.41) is 7.18. The highest BCUT2D eigenvalue weighted by atomic mass is 32.2. The summed E-state index contributed by atoms with van der Waals surface area (Å²) in [4.78, 5) is 18.4. The van der Waals surface area contributed by atoms with E-state index in [4.69, 9.17) is 0 Å². The third-order valence-electron chi connectivity index (χ3n) is 3.91. The summed E-state index contributed by atoms with van der Waals surface area (Å²) in [6.45, 7) is 1.76. The second-order valence-electron chi connectivity index (χ2n) is 6.45. The fourth-order valence-corrected chi connectivity index (χ4v) is 3.91. The van der Waals surface area contributed by atoms with Gasteiger partial charge in [0, 0.05) is 4.88 Å². The van der Waals surface area contributed by atoms with Crippen LogP contribution in [-0.2, 0) is 22.7 Å². The van der Waals surface area contributed by atoms with E-state index in [-0.39, 0.29) is 23.2 Å². The number of hydrogen-bond acceptors (Lipinski definition) is 8. The maximum atomic E-state index is 12.9. The van der Waals surface area contributed by atoms with Gasteiger partial charge in [0.2, 0.25) is 10.0 Å². The number of anilines is 2. The minimum Gasteiger partial charge on any atom is -0.296 e. The Kier molecular flexibility index (Phi) is 6.27. The van der Waals surface area contributed by atoms with Crippen LogP contribution in [0.3, 0.4) is 0 Å². The molecule has 1 N–H and O–H groups in total. The molecule has 1 aromatic carbocycles. The van der Waals surface area contributed by atoms with Crippen LogP contribution < -0.4 is 9.62 Å². The van der Waals surface area contributed by atoms with Crippen LogP contribution in [0, 0.1) is 6.92 Å². The number of benzene rings is 1. The molecule has 0 radical (unpaired) electrons. The Morgan fingerprint density at radius 3 is 2.35 bits per heavy atom. The first-order chi connectivity index (χ1) is 14.4. The fraction of sp³-hybridized carbons (Fsp3) is 0.222. The summed E-state index contributed by atoms with van der Waals surface area (Å²) < 4.78 is 63.1.